The Balaban J connectivity index is 1.83. The molecule has 0 aromatic carbocycles. The van der Waals surface area contributed by atoms with Crippen molar-refractivity contribution >= 4 is 0 Å². The van der Waals surface area contributed by atoms with Crippen LogP contribution in [-0.2, 0) is 4.74 Å². The predicted molar refractivity (Wildman–Crippen MR) is 46.3 cm³/mol. The van der Waals surface area contributed by atoms with Gasteiger partial charge >= 0.3 is 0 Å². The second kappa shape index (κ2) is 3.52. The number of alkyl halides is 1. The lowest BCUT2D eigenvalue weighted by molar-refractivity contribution is 0.130. The van der Waals surface area contributed by atoms with Crippen LogP contribution in [0.1, 0.15) is 19.3 Å². The summed E-state index contributed by atoms with van der Waals surface area (Å²) in [6.45, 7) is 1.27. The normalized spacial score (nSPS) is 33.2. The fourth-order valence-electron chi connectivity index (χ4n) is 1.78. The fourth-order valence-corrected chi connectivity index (χ4v) is 1.78. The van der Waals surface area contributed by atoms with Gasteiger partial charge in [-0.15, -0.1) is 0 Å². The molecule has 2 atom stereocenters. The van der Waals surface area contributed by atoms with E-state index in [-0.39, 0.29) is 18.7 Å². The van der Waals surface area contributed by atoms with Crippen molar-refractivity contribution in [3.05, 3.63) is 0 Å². The van der Waals surface area contributed by atoms with E-state index in [1.807, 2.05) is 0 Å². The van der Waals surface area contributed by atoms with Crippen LogP contribution in [0.3, 0.4) is 0 Å². The van der Waals surface area contributed by atoms with Crippen molar-refractivity contribution in [2.75, 3.05) is 19.8 Å². The Morgan fingerprint density at radius 2 is 2.38 bits per heavy atom. The average molecular weight is 189 g/mol. The Morgan fingerprint density at radius 3 is 2.85 bits per heavy atom. The molecule has 2 rings (SSSR count). The maximum atomic E-state index is 13.6. The first-order valence-electron chi connectivity index (χ1n) is 4.88. The lowest BCUT2D eigenvalue weighted by Gasteiger charge is -2.23. The molecule has 0 spiro atoms. The Hall–Kier alpha value is -0.190. The number of hydrogen-bond acceptors (Lipinski definition) is 3. The van der Waals surface area contributed by atoms with E-state index in [2.05, 4.69) is 5.32 Å². The molecule has 1 aliphatic carbocycles. The van der Waals surface area contributed by atoms with Gasteiger partial charge in [-0.2, -0.15) is 0 Å². The standard InChI is InChI=1S/C9H16FNO2/c10-9(2-3-9)8(5-12)11-7-1-4-13-6-7/h7-8,11-12H,1-6H2/t7?,8-/m1/s1. The van der Waals surface area contributed by atoms with E-state index >= 15 is 0 Å². The first kappa shape index (κ1) is 9.37. The fraction of sp³-hybridized carbons (Fsp3) is 1.00. The van der Waals surface area contributed by atoms with E-state index < -0.39 is 5.67 Å². The predicted octanol–water partition coefficient (Wildman–Crippen LogP) is 0.228. The third-order valence-electron chi connectivity index (χ3n) is 2.90. The Kier molecular flexibility index (Phi) is 2.53. The minimum absolute atomic E-state index is 0.118. The highest BCUT2D eigenvalue weighted by molar-refractivity contribution is 5.04. The van der Waals surface area contributed by atoms with Crippen LogP contribution < -0.4 is 5.32 Å². The van der Waals surface area contributed by atoms with Gasteiger partial charge in [-0.25, -0.2) is 4.39 Å². The minimum atomic E-state index is -1.14. The molecule has 0 amide bonds. The lowest BCUT2D eigenvalue weighted by atomic mass is 10.1. The number of rotatable bonds is 4. The molecule has 0 bridgehead atoms. The molecule has 13 heavy (non-hydrogen) atoms. The molecule has 2 aliphatic rings. The largest absolute Gasteiger partial charge is 0.395 e. The molecule has 76 valence electrons. The number of nitrogens with one attached hydrogen (secondary N) is 1. The zero-order valence-electron chi connectivity index (χ0n) is 7.63. The molecule has 4 heteroatoms. The molecule has 2 fully saturated rings. The molecule has 1 unspecified atom stereocenters. The summed E-state index contributed by atoms with van der Waals surface area (Å²) in [6, 6.07) is -0.162. The Morgan fingerprint density at radius 1 is 1.62 bits per heavy atom. The van der Waals surface area contributed by atoms with Gasteiger partial charge in [0.05, 0.1) is 19.3 Å². The lowest BCUT2D eigenvalue weighted by Crippen LogP contribution is -2.47. The van der Waals surface area contributed by atoms with Gasteiger partial charge in [0.1, 0.15) is 5.67 Å². The molecule has 0 aromatic heterocycles. The van der Waals surface area contributed by atoms with E-state index in [9.17, 15) is 4.39 Å². The first-order valence-corrected chi connectivity index (χ1v) is 4.88. The molecule has 3 nitrogen and oxygen atoms in total. The number of halogens is 1. The summed E-state index contributed by atoms with van der Waals surface area (Å²) in [5.74, 6) is 0. The van der Waals surface area contributed by atoms with E-state index in [1.54, 1.807) is 0 Å². The molecule has 1 saturated heterocycles. The van der Waals surface area contributed by atoms with Gasteiger partial charge in [-0.1, -0.05) is 0 Å². The number of ether oxygens (including phenoxy) is 1. The minimum Gasteiger partial charge on any atom is -0.395 e. The van der Waals surface area contributed by atoms with Crippen molar-refractivity contribution in [3.63, 3.8) is 0 Å². The first-order chi connectivity index (χ1) is 6.24. The topological polar surface area (TPSA) is 41.5 Å². The summed E-state index contributed by atoms with van der Waals surface area (Å²) in [7, 11) is 0. The second-order valence-electron chi connectivity index (χ2n) is 4.00. The highest BCUT2D eigenvalue weighted by Gasteiger charge is 2.50. The van der Waals surface area contributed by atoms with Crippen molar-refractivity contribution in [1.29, 1.82) is 0 Å². The maximum absolute atomic E-state index is 13.6. The highest BCUT2D eigenvalue weighted by atomic mass is 19.1. The van der Waals surface area contributed by atoms with E-state index in [1.165, 1.54) is 0 Å². The van der Waals surface area contributed by atoms with Gasteiger partial charge < -0.3 is 15.2 Å². The van der Waals surface area contributed by atoms with Crippen LogP contribution in [0.2, 0.25) is 0 Å². The summed E-state index contributed by atoms with van der Waals surface area (Å²) in [4.78, 5) is 0. The van der Waals surface area contributed by atoms with E-state index in [0.717, 1.165) is 13.0 Å². The van der Waals surface area contributed by atoms with Crippen LogP contribution >= 0.6 is 0 Å². The SMILES string of the molecule is OC[C@@H](NC1CCOC1)C1(F)CC1. The zero-order valence-corrected chi connectivity index (χ0v) is 7.63. The average Bonchev–Trinajstić information content (AvgIpc) is 2.70. The van der Waals surface area contributed by atoms with Gasteiger partial charge in [0, 0.05) is 12.6 Å². The Bertz CT molecular complexity index is 178. The van der Waals surface area contributed by atoms with E-state index in [0.29, 0.717) is 19.4 Å². The van der Waals surface area contributed by atoms with Crippen LogP contribution in [0.4, 0.5) is 4.39 Å². The highest BCUT2D eigenvalue weighted by Crippen LogP contribution is 2.43. The van der Waals surface area contributed by atoms with E-state index in [4.69, 9.17) is 9.84 Å². The van der Waals surface area contributed by atoms with Gasteiger partial charge in [0.15, 0.2) is 0 Å². The van der Waals surface area contributed by atoms with Crippen molar-refractivity contribution in [2.45, 2.75) is 37.0 Å². The van der Waals surface area contributed by atoms with Crippen LogP contribution in [0.25, 0.3) is 0 Å². The molecule has 1 saturated carbocycles. The molecular formula is C9H16FNO2. The van der Waals surface area contributed by atoms with Crippen LogP contribution in [0, 0.1) is 0 Å². The molecule has 0 aromatic rings. The molecule has 1 heterocycles. The number of aliphatic hydroxyl groups is 1. The Labute approximate surface area is 77.3 Å². The van der Waals surface area contributed by atoms with Crippen LogP contribution in [0.15, 0.2) is 0 Å². The molecule has 2 N–H and O–H groups in total. The number of hydrogen-bond donors (Lipinski definition) is 2. The van der Waals surface area contributed by atoms with Gasteiger partial charge in [-0.05, 0) is 19.3 Å². The smallest absolute Gasteiger partial charge is 0.128 e. The summed E-state index contributed by atoms with van der Waals surface area (Å²) in [5, 5.41) is 12.1. The second-order valence-corrected chi connectivity index (χ2v) is 4.00. The van der Waals surface area contributed by atoms with Crippen molar-refractivity contribution in [3.8, 4) is 0 Å². The van der Waals surface area contributed by atoms with Gasteiger partial charge in [0.2, 0.25) is 0 Å². The van der Waals surface area contributed by atoms with Crippen molar-refractivity contribution < 1.29 is 14.2 Å². The van der Waals surface area contributed by atoms with Crippen LogP contribution in [0.5, 0.6) is 0 Å². The third-order valence-corrected chi connectivity index (χ3v) is 2.90. The van der Waals surface area contributed by atoms with Crippen molar-refractivity contribution in [2.24, 2.45) is 0 Å². The summed E-state index contributed by atoms with van der Waals surface area (Å²) < 4.78 is 18.7. The quantitative estimate of drug-likeness (QED) is 0.665. The van der Waals surface area contributed by atoms with Gasteiger partial charge in [0.25, 0.3) is 0 Å². The molecular weight excluding hydrogens is 173 g/mol. The third kappa shape index (κ3) is 2.00. The van der Waals surface area contributed by atoms with Crippen molar-refractivity contribution in [1.82, 2.24) is 5.32 Å². The zero-order chi connectivity index (χ0) is 9.31. The van der Waals surface area contributed by atoms with Gasteiger partial charge in [-0.3, -0.25) is 0 Å². The summed E-state index contributed by atoms with van der Waals surface area (Å²) >= 11 is 0. The number of aliphatic hydroxyl groups excluding tert-OH is 1. The molecule has 0 radical (unpaired) electrons. The van der Waals surface area contributed by atoms with Crippen LogP contribution in [-0.4, -0.2) is 42.7 Å². The monoisotopic (exact) mass is 189 g/mol. The summed E-state index contributed by atoms with van der Waals surface area (Å²) in [5.41, 5.74) is -1.14. The molecule has 1 aliphatic heterocycles. The summed E-state index contributed by atoms with van der Waals surface area (Å²) in [6.07, 6.45) is 2.09. The maximum Gasteiger partial charge on any atom is 0.128 e.